The van der Waals surface area contributed by atoms with E-state index in [1.165, 1.54) is 12.1 Å². The van der Waals surface area contributed by atoms with Gasteiger partial charge in [0.2, 0.25) is 0 Å². The number of hydrogen-bond acceptors (Lipinski definition) is 6. The summed E-state index contributed by atoms with van der Waals surface area (Å²) in [4.78, 5) is 21.9. The highest BCUT2D eigenvalue weighted by molar-refractivity contribution is 6.39. The van der Waals surface area contributed by atoms with Crippen LogP contribution in [0.2, 0.25) is 5.02 Å². The molecule has 1 amide bonds. The minimum absolute atomic E-state index is 0.276. The fourth-order valence-electron chi connectivity index (χ4n) is 2.81. The summed E-state index contributed by atoms with van der Waals surface area (Å²) < 4.78 is 18.2. The summed E-state index contributed by atoms with van der Waals surface area (Å²) in [6.07, 6.45) is 0.340. The molecule has 2 aromatic carbocycles. The van der Waals surface area contributed by atoms with E-state index in [9.17, 15) is 9.18 Å². The van der Waals surface area contributed by atoms with E-state index < -0.39 is 0 Å². The van der Waals surface area contributed by atoms with Crippen LogP contribution in [0.3, 0.4) is 0 Å². The highest BCUT2D eigenvalue weighted by Crippen LogP contribution is 2.21. The number of carbonyl (C=O) groups is 1. The van der Waals surface area contributed by atoms with Crippen molar-refractivity contribution in [2.75, 3.05) is 0 Å². The summed E-state index contributed by atoms with van der Waals surface area (Å²) in [5.74, 6) is 0.194. The molecule has 2 heterocycles. The highest BCUT2D eigenvalue weighted by atomic mass is 35.5. The van der Waals surface area contributed by atoms with Gasteiger partial charge in [-0.15, -0.1) is 0 Å². The van der Waals surface area contributed by atoms with Gasteiger partial charge >= 0.3 is 0 Å². The molecule has 0 bridgehead atoms. The number of halogens is 2. The summed E-state index contributed by atoms with van der Waals surface area (Å²) in [5.41, 5.74) is 1.84. The highest BCUT2D eigenvalue weighted by Gasteiger charge is 2.27. The van der Waals surface area contributed by atoms with Crippen LogP contribution in [-0.2, 0) is 22.6 Å². The lowest BCUT2D eigenvalue weighted by molar-refractivity contribution is -0.115. The lowest BCUT2D eigenvalue weighted by Crippen LogP contribution is -2.30. The van der Waals surface area contributed by atoms with Crippen LogP contribution in [0.1, 0.15) is 17.8 Å². The number of aromatic nitrogens is 2. The van der Waals surface area contributed by atoms with Gasteiger partial charge in [0.05, 0.1) is 6.42 Å². The molecule has 0 fully saturated rings. The first-order valence-corrected chi connectivity index (χ1v) is 9.28. The van der Waals surface area contributed by atoms with Crippen molar-refractivity contribution >= 4 is 23.2 Å². The molecule has 1 unspecified atom stereocenters. The van der Waals surface area contributed by atoms with Gasteiger partial charge in [-0.2, -0.15) is 4.98 Å². The predicted octanol–water partition coefficient (Wildman–Crippen LogP) is 3.53. The van der Waals surface area contributed by atoms with Crippen LogP contribution in [0, 0.1) is 5.82 Å². The number of oxime groups is 1. The molecular weight excluding hydrogens is 399 g/mol. The molecule has 0 saturated carbocycles. The fraction of sp³-hybridized carbons (Fsp3) is 0.200. The summed E-state index contributed by atoms with van der Waals surface area (Å²) >= 11 is 5.88. The first-order chi connectivity index (χ1) is 14.1. The Bertz CT molecular complexity index is 1030. The van der Waals surface area contributed by atoms with Gasteiger partial charge in [-0.1, -0.05) is 34.0 Å². The Morgan fingerprint density at radius 2 is 1.93 bits per heavy atom. The first-order valence-electron chi connectivity index (χ1n) is 8.90. The maximum absolute atomic E-state index is 12.9. The van der Waals surface area contributed by atoms with Crippen LogP contribution in [0.4, 0.5) is 4.39 Å². The van der Waals surface area contributed by atoms with Crippen LogP contribution < -0.4 is 5.32 Å². The Morgan fingerprint density at radius 3 is 2.69 bits per heavy atom. The Labute approximate surface area is 170 Å². The third kappa shape index (κ3) is 4.78. The zero-order valence-corrected chi connectivity index (χ0v) is 15.9. The Kier molecular flexibility index (Phi) is 5.53. The van der Waals surface area contributed by atoms with E-state index in [4.69, 9.17) is 21.0 Å². The standard InChI is InChI=1S/C20H16ClFN4O3/c21-14-5-3-13(4-6-14)20-24-18(26-29-20)10-16-9-17(25-28-16)19(27)23-11-12-1-7-15(22)8-2-12/h1-8,16H,9-11H2,(H,23,27). The third-order valence-electron chi connectivity index (χ3n) is 4.33. The number of amides is 1. The SMILES string of the molecule is O=C(NCc1ccc(F)cc1)C1=NOC(Cc2noc(-c3ccc(Cl)cc3)n2)C1. The molecule has 0 saturated heterocycles. The summed E-state index contributed by atoms with van der Waals surface area (Å²) in [5, 5.41) is 11.2. The second-order valence-electron chi connectivity index (χ2n) is 6.51. The summed E-state index contributed by atoms with van der Waals surface area (Å²) in [6.45, 7) is 0.276. The molecule has 1 aliphatic rings. The van der Waals surface area contributed by atoms with Gasteiger partial charge in [-0.05, 0) is 42.0 Å². The summed E-state index contributed by atoms with van der Waals surface area (Å²) in [6, 6.07) is 13.0. The van der Waals surface area contributed by atoms with Crippen molar-refractivity contribution in [1.29, 1.82) is 0 Å². The molecule has 0 spiro atoms. The van der Waals surface area contributed by atoms with Crippen molar-refractivity contribution in [3.63, 3.8) is 0 Å². The lowest BCUT2D eigenvalue weighted by atomic mass is 10.1. The van der Waals surface area contributed by atoms with Gasteiger partial charge in [0.15, 0.2) is 5.82 Å². The zero-order chi connectivity index (χ0) is 20.2. The number of nitrogens with one attached hydrogen (secondary N) is 1. The molecule has 3 aromatic rings. The molecule has 1 aromatic heterocycles. The van der Waals surface area contributed by atoms with Crippen LogP contribution in [0.5, 0.6) is 0 Å². The quantitative estimate of drug-likeness (QED) is 0.666. The second-order valence-corrected chi connectivity index (χ2v) is 6.94. The number of carbonyl (C=O) groups excluding carboxylic acids is 1. The Balaban J connectivity index is 1.29. The second kappa shape index (κ2) is 8.40. The molecular formula is C20H16ClFN4O3. The van der Waals surface area contributed by atoms with Gasteiger partial charge in [0, 0.05) is 23.6 Å². The Morgan fingerprint density at radius 1 is 1.17 bits per heavy atom. The van der Waals surface area contributed by atoms with Crippen LogP contribution >= 0.6 is 11.6 Å². The number of hydrogen-bond donors (Lipinski definition) is 1. The van der Waals surface area contributed by atoms with Crippen LogP contribution in [-0.4, -0.2) is 27.9 Å². The van der Waals surface area contributed by atoms with E-state index in [2.05, 4.69) is 20.6 Å². The maximum Gasteiger partial charge on any atom is 0.269 e. The smallest absolute Gasteiger partial charge is 0.269 e. The average molecular weight is 415 g/mol. The average Bonchev–Trinajstić information content (AvgIpc) is 3.38. The van der Waals surface area contributed by atoms with Gasteiger partial charge in [0.25, 0.3) is 11.8 Å². The molecule has 9 heteroatoms. The third-order valence-corrected chi connectivity index (χ3v) is 4.58. The zero-order valence-electron chi connectivity index (χ0n) is 15.1. The maximum atomic E-state index is 12.9. The molecule has 1 aliphatic heterocycles. The Hall–Kier alpha value is -3.26. The minimum Gasteiger partial charge on any atom is -0.391 e. The van der Waals surface area contributed by atoms with Gasteiger partial charge in [0.1, 0.15) is 17.6 Å². The van der Waals surface area contributed by atoms with E-state index in [0.717, 1.165) is 11.1 Å². The van der Waals surface area contributed by atoms with Gasteiger partial charge < -0.3 is 14.7 Å². The van der Waals surface area contributed by atoms with E-state index >= 15 is 0 Å². The molecule has 1 N–H and O–H groups in total. The number of nitrogens with zero attached hydrogens (tertiary/aromatic N) is 3. The molecule has 148 valence electrons. The molecule has 7 nitrogen and oxygen atoms in total. The number of benzene rings is 2. The van der Waals surface area contributed by atoms with Crippen molar-refractivity contribution in [2.24, 2.45) is 5.16 Å². The van der Waals surface area contributed by atoms with E-state index in [1.807, 2.05) is 0 Å². The molecule has 0 aliphatic carbocycles. The first kappa shape index (κ1) is 19.1. The molecule has 29 heavy (non-hydrogen) atoms. The van der Waals surface area contributed by atoms with Crippen molar-refractivity contribution < 1.29 is 18.5 Å². The monoisotopic (exact) mass is 414 g/mol. The van der Waals surface area contributed by atoms with E-state index in [1.54, 1.807) is 36.4 Å². The molecule has 4 rings (SSSR count). The minimum atomic E-state index is -0.350. The molecule has 0 radical (unpaired) electrons. The van der Waals surface area contributed by atoms with Crippen molar-refractivity contribution in [3.8, 4) is 11.5 Å². The van der Waals surface area contributed by atoms with Crippen molar-refractivity contribution in [3.05, 3.63) is 70.8 Å². The van der Waals surface area contributed by atoms with Crippen LogP contribution in [0.25, 0.3) is 11.5 Å². The molecule has 1 atom stereocenters. The van der Waals surface area contributed by atoms with Crippen molar-refractivity contribution in [1.82, 2.24) is 15.5 Å². The lowest BCUT2D eigenvalue weighted by Gasteiger charge is -2.05. The fourth-order valence-corrected chi connectivity index (χ4v) is 2.93. The van der Waals surface area contributed by atoms with Crippen molar-refractivity contribution in [2.45, 2.75) is 25.5 Å². The topological polar surface area (TPSA) is 89.6 Å². The predicted molar refractivity (Wildman–Crippen MR) is 104 cm³/mol. The van der Waals surface area contributed by atoms with E-state index in [0.29, 0.717) is 35.3 Å². The van der Waals surface area contributed by atoms with Gasteiger partial charge in [-0.25, -0.2) is 4.39 Å². The largest absolute Gasteiger partial charge is 0.391 e. The normalized spacial score (nSPS) is 15.7. The number of rotatable bonds is 6. The summed E-state index contributed by atoms with van der Waals surface area (Å²) in [7, 11) is 0. The van der Waals surface area contributed by atoms with Gasteiger partial charge in [-0.3, -0.25) is 4.79 Å². The van der Waals surface area contributed by atoms with E-state index in [-0.39, 0.29) is 24.4 Å². The van der Waals surface area contributed by atoms with Crippen LogP contribution in [0.15, 0.2) is 58.2 Å².